The molecule has 2 aromatic carbocycles. The van der Waals surface area contributed by atoms with Gasteiger partial charge in [0.25, 0.3) is 5.56 Å². The number of ether oxygens (including phenoxy) is 1. The van der Waals surface area contributed by atoms with Gasteiger partial charge in [-0.1, -0.05) is 36.0 Å². The normalized spacial score (nSPS) is 15.2. The first-order valence-corrected chi connectivity index (χ1v) is 11.5. The van der Waals surface area contributed by atoms with Crippen LogP contribution in [0.2, 0.25) is 0 Å². The molecule has 0 saturated carbocycles. The zero-order valence-corrected chi connectivity index (χ0v) is 18.8. The van der Waals surface area contributed by atoms with E-state index in [0.29, 0.717) is 29.9 Å². The fourth-order valence-corrected chi connectivity index (χ4v) is 4.73. The fourth-order valence-electron chi connectivity index (χ4n) is 3.81. The number of aromatic amines is 1. The Labute approximate surface area is 189 Å². The van der Waals surface area contributed by atoms with Gasteiger partial charge in [-0.3, -0.25) is 9.36 Å². The molecule has 4 aromatic rings. The molecule has 1 aliphatic heterocycles. The van der Waals surface area contributed by atoms with Crippen molar-refractivity contribution < 1.29 is 4.74 Å². The van der Waals surface area contributed by atoms with Crippen molar-refractivity contribution in [2.45, 2.75) is 24.3 Å². The number of thioether (sulfide) groups is 1. The van der Waals surface area contributed by atoms with Crippen LogP contribution in [0.1, 0.15) is 23.6 Å². The molecule has 1 N–H and O–H groups in total. The van der Waals surface area contributed by atoms with E-state index in [1.54, 1.807) is 6.07 Å². The molecule has 0 radical (unpaired) electrons. The van der Waals surface area contributed by atoms with E-state index < -0.39 is 0 Å². The van der Waals surface area contributed by atoms with Gasteiger partial charge in [-0.15, -0.1) is 10.2 Å². The van der Waals surface area contributed by atoms with Crippen LogP contribution in [0.25, 0.3) is 16.6 Å². The highest BCUT2D eigenvalue weighted by Crippen LogP contribution is 2.35. The lowest BCUT2D eigenvalue weighted by Gasteiger charge is -2.28. The third-order valence-electron chi connectivity index (χ3n) is 5.47. The van der Waals surface area contributed by atoms with Crippen LogP contribution >= 0.6 is 11.8 Å². The van der Waals surface area contributed by atoms with E-state index in [2.05, 4.69) is 54.8 Å². The second kappa shape index (κ2) is 8.76. The van der Waals surface area contributed by atoms with Gasteiger partial charge in [0, 0.05) is 13.1 Å². The lowest BCUT2D eigenvalue weighted by molar-refractivity contribution is 0.122. The van der Waals surface area contributed by atoms with Gasteiger partial charge >= 0.3 is 0 Å². The zero-order valence-electron chi connectivity index (χ0n) is 18.0. The Kier molecular flexibility index (Phi) is 5.67. The molecule has 32 heavy (non-hydrogen) atoms. The quantitative estimate of drug-likeness (QED) is 0.468. The van der Waals surface area contributed by atoms with Gasteiger partial charge < -0.3 is 14.6 Å². The molecule has 0 amide bonds. The van der Waals surface area contributed by atoms with Crippen molar-refractivity contribution in [3.05, 3.63) is 70.3 Å². The molecular weight excluding hydrogens is 424 g/mol. The highest BCUT2D eigenvalue weighted by molar-refractivity contribution is 7.99. The van der Waals surface area contributed by atoms with Crippen molar-refractivity contribution in [3.8, 4) is 5.69 Å². The van der Waals surface area contributed by atoms with Crippen LogP contribution in [0, 0.1) is 6.92 Å². The molecule has 164 valence electrons. The van der Waals surface area contributed by atoms with Crippen LogP contribution in [0.15, 0.2) is 58.5 Å². The topological polar surface area (TPSA) is 88.9 Å². The van der Waals surface area contributed by atoms with Crippen LogP contribution in [0.3, 0.4) is 0 Å². The molecular formula is C23H24N6O2S. The van der Waals surface area contributed by atoms with E-state index in [1.165, 1.54) is 11.8 Å². The first-order valence-electron chi connectivity index (χ1n) is 10.6. The molecule has 1 fully saturated rings. The number of hydrogen-bond donors (Lipinski definition) is 1. The maximum absolute atomic E-state index is 12.5. The third-order valence-corrected chi connectivity index (χ3v) is 6.52. The van der Waals surface area contributed by atoms with Crippen LogP contribution in [-0.2, 0) is 4.74 Å². The first kappa shape index (κ1) is 20.7. The van der Waals surface area contributed by atoms with Crippen molar-refractivity contribution in [2.24, 2.45) is 0 Å². The summed E-state index contributed by atoms with van der Waals surface area (Å²) in [6, 6.07) is 15.7. The summed E-state index contributed by atoms with van der Waals surface area (Å²) < 4.78 is 7.60. The summed E-state index contributed by atoms with van der Waals surface area (Å²) in [6.07, 6.45) is 0. The van der Waals surface area contributed by atoms with E-state index in [0.717, 1.165) is 35.4 Å². The summed E-state index contributed by atoms with van der Waals surface area (Å²) >= 11 is 1.52. The number of nitrogens with one attached hydrogen (secondary N) is 1. The van der Waals surface area contributed by atoms with E-state index in [4.69, 9.17) is 4.74 Å². The Balaban J connectivity index is 1.53. The number of H-pyrrole nitrogens is 1. The molecule has 0 aliphatic carbocycles. The number of benzene rings is 2. The smallest absolute Gasteiger partial charge is 0.258 e. The van der Waals surface area contributed by atoms with Crippen molar-refractivity contribution in [1.29, 1.82) is 0 Å². The Morgan fingerprint density at radius 1 is 1.09 bits per heavy atom. The molecule has 3 heterocycles. The highest BCUT2D eigenvalue weighted by Gasteiger charge is 2.24. The summed E-state index contributed by atoms with van der Waals surface area (Å²) in [5.41, 5.74) is 2.72. The number of morpholine rings is 1. The summed E-state index contributed by atoms with van der Waals surface area (Å²) in [6.45, 7) is 6.96. The van der Waals surface area contributed by atoms with E-state index in [1.807, 2.05) is 31.2 Å². The number of nitrogens with zero attached hydrogens (tertiary/aromatic N) is 5. The van der Waals surface area contributed by atoms with Crippen molar-refractivity contribution >= 4 is 28.6 Å². The summed E-state index contributed by atoms with van der Waals surface area (Å²) in [5, 5.41) is 10.3. The summed E-state index contributed by atoms with van der Waals surface area (Å²) in [4.78, 5) is 22.4. The third kappa shape index (κ3) is 4.01. The van der Waals surface area contributed by atoms with Gasteiger partial charge in [0.15, 0.2) is 5.16 Å². The maximum atomic E-state index is 12.5. The Hall–Kier alpha value is -3.17. The van der Waals surface area contributed by atoms with Crippen molar-refractivity contribution in [1.82, 2.24) is 24.7 Å². The minimum Gasteiger partial charge on any atom is -0.378 e. The van der Waals surface area contributed by atoms with Gasteiger partial charge in [-0.25, -0.2) is 4.98 Å². The minimum absolute atomic E-state index is 0.127. The predicted molar refractivity (Wildman–Crippen MR) is 126 cm³/mol. The van der Waals surface area contributed by atoms with E-state index in [-0.39, 0.29) is 10.8 Å². The van der Waals surface area contributed by atoms with Gasteiger partial charge in [0.1, 0.15) is 5.82 Å². The SMILES string of the molecule is Cc1cccc(-n2c(S[C@H](C)c3nc4ccccc4c(=O)[nH]3)nnc2N2CCOCC2)c1. The van der Waals surface area contributed by atoms with Gasteiger partial charge in [0.05, 0.1) is 35.1 Å². The number of rotatable bonds is 5. The summed E-state index contributed by atoms with van der Waals surface area (Å²) in [5.74, 6) is 1.42. The average Bonchev–Trinajstić information content (AvgIpc) is 3.23. The van der Waals surface area contributed by atoms with E-state index >= 15 is 0 Å². The van der Waals surface area contributed by atoms with Gasteiger partial charge in [-0.2, -0.15) is 0 Å². The Bertz CT molecular complexity index is 1310. The van der Waals surface area contributed by atoms with E-state index in [9.17, 15) is 4.79 Å². The second-order valence-electron chi connectivity index (χ2n) is 7.78. The molecule has 0 unspecified atom stereocenters. The molecule has 2 aromatic heterocycles. The molecule has 5 rings (SSSR count). The monoisotopic (exact) mass is 448 g/mol. The number of aromatic nitrogens is 5. The largest absolute Gasteiger partial charge is 0.378 e. The maximum Gasteiger partial charge on any atom is 0.258 e. The lowest BCUT2D eigenvalue weighted by Crippen LogP contribution is -2.37. The van der Waals surface area contributed by atoms with Crippen LogP contribution < -0.4 is 10.5 Å². The molecule has 0 spiro atoms. The molecule has 9 heteroatoms. The van der Waals surface area contributed by atoms with Crippen LogP contribution in [-0.4, -0.2) is 51.0 Å². The van der Waals surface area contributed by atoms with Gasteiger partial charge in [0.2, 0.25) is 5.95 Å². The van der Waals surface area contributed by atoms with Crippen molar-refractivity contribution in [3.63, 3.8) is 0 Å². The first-order chi connectivity index (χ1) is 15.6. The Morgan fingerprint density at radius 3 is 2.72 bits per heavy atom. The second-order valence-corrected chi connectivity index (χ2v) is 9.09. The molecule has 1 atom stereocenters. The van der Waals surface area contributed by atoms with Crippen LogP contribution in [0.5, 0.6) is 0 Å². The fraction of sp³-hybridized carbons (Fsp3) is 0.304. The molecule has 0 bridgehead atoms. The number of para-hydroxylation sites is 1. The summed E-state index contributed by atoms with van der Waals surface area (Å²) in [7, 11) is 0. The number of anilines is 1. The van der Waals surface area contributed by atoms with Crippen LogP contribution in [0.4, 0.5) is 5.95 Å². The zero-order chi connectivity index (χ0) is 22.1. The highest BCUT2D eigenvalue weighted by atomic mass is 32.2. The predicted octanol–water partition coefficient (Wildman–Crippen LogP) is 3.50. The minimum atomic E-state index is -0.132. The molecule has 1 aliphatic rings. The Morgan fingerprint density at radius 2 is 1.91 bits per heavy atom. The number of hydrogen-bond acceptors (Lipinski definition) is 7. The lowest BCUT2D eigenvalue weighted by atomic mass is 10.2. The van der Waals surface area contributed by atoms with Crippen molar-refractivity contribution in [2.75, 3.05) is 31.2 Å². The standard InChI is InChI=1S/C23H24N6O2S/c1-15-6-5-7-17(14-15)29-22(28-10-12-31-13-11-28)26-27-23(29)32-16(2)20-24-19-9-4-3-8-18(19)21(30)25-20/h3-9,14,16H,10-13H2,1-2H3,(H,24,25,30)/t16-/m1/s1. The average molecular weight is 449 g/mol. The number of fused-ring (bicyclic) bond motifs is 1. The molecule has 1 saturated heterocycles. The number of aryl methyl sites for hydroxylation is 1. The van der Waals surface area contributed by atoms with Gasteiger partial charge in [-0.05, 0) is 43.7 Å². The molecule has 8 nitrogen and oxygen atoms in total.